The Morgan fingerprint density at radius 3 is 2.96 bits per heavy atom. The van der Waals surface area contributed by atoms with Crippen LogP contribution in [0.15, 0.2) is 34.9 Å². The third-order valence-corrected chi connectivity index (χ3v) is 5.92. The van der Waals surface area contributed by atoms with Crippen LogP contribution in [0.4, 0.5) is 4.39 Å². The van der Waals surface area contributed by atoms with Crippen molar-refractivity contribution in [3.63, 3.8) is 0 Å². The normalized spacial score (nSPS) is 23.7. The highest BCUT2D eigenvalue weighted by Gasteiger charge is 2.40. The van der Waals surface area contributed by atoms with Gasteiger partial charge in [-0.1, -0.05) is 12.1 Å². The largest absolute Gasteiger partial charge is 0.445 e. The number of benzene rings is 1. The fourth-order valence-corrected chi connectivity index (χ4v) is 4.32. The van der Waals surface area contributed by atoms with Gasteiger partial charge in [0.25, 0.3) is 0 Å². The van der Waals surface area contributed by atoms with Crippen LogP contribution >= 0.6 is 0 Å². The molecule has 1 aromatic heterocycles. The van der Waals surface area contributed by atoms with E-state index in [1.54, 1.807) is 12.3 Å². The van der Waals surface area contributed by atoms with Gasteiger partial charge in [-0.05, 0) is 50.3 Å². The van der Waals surface area contributed by atoms with Crippen molar-refractivity contribution in [3.05, 3.63) is 53.5 Å². The molecule has 2 aromatic rings. The summed E-state index contributed by atoms with van der Waals surface area (Å²) < 4.78 is 24.8. The van der Waals surface area contributed by atoms with E-state index in [-0.39, 0.29) is 23.1 Å². The summed E-state index contributed by atoms with van der Waals surface area (Å²) in [6.45, 7) is 4.88. The number of carbonyl (C=O) groups is 1. The molecular formula is C22H27FN2O3. The first-order valence-electron chi connectivity index (χ1n) is 10.1. The van der Waals surface area contributed by atoms with Gasteiger partial charge in [-0.25, -0.2) is 9.37 Å². The number of carbonyl (C=O) groups excluding carboxylic acids is 1. The second-order valence-electron chi connectivity index (χ2n) is 8.25. The zero-order valence-electron chi connectivity index (χ0n) is 16.3. The first kappa shape index (κ1) is 19.1. The number of halogens is 1. The summed E-state index contributed by atoms with van der Waals surface area (Å²) in [5, 5.41) is 0. The van der Waals surface area contributed by atoms with Crippen molar-refractivity contribution in [1.82, 2.24) is 9.88 Å². The molecule has 0 aliphatic carbocycles. The van der Waals surface area contributed by atoms with E-state index < -0.39 is 0 Å². The Morgan fingerprint density at radius 1 is 1.36 bits per heavy atom. The van der Waals surface area contributed by atoms with E-state index in [9.17, 15) is 9.18 Å². The van der Waals surface area contributed by atoms with Gasteiger partial charge in [0.2, 0.25) is 11.8 Å². The Kier molecular flexibility index (Phi) is 5.49. The van der Waals surface area contributed by atoms with Crippen LogP contribution in [0, 0.1) is 11.7 Å². The number of aromatic nitrogens is 1. The zero-order valence-corrected chi connectivity index (χ0v) is 16.3. The molecule has 150 valence electrons. The van der Waals surface area contributed by atoms with Crippen molar-refractivity contribution in [2.45, 2.75) is 44.4 Å². The lowest BCUT2D eigenvalue weighted by molar-refractivity contribution is -0.140. The van der Waals surface area contributed by atoms with E-state index in [0.717, 1.165) is 43.6 Å². The lowest BCUT2D eigenvalue weighted by Crippen LogP contribution is -2.49. The van der Waals surface area contributed by atoms with Crippen LogP contribution in [0.5, 0.6) is 0 Å². The standard InChI is InChI=1S/C22H27FN2O3/c1-22(8-3-9-25(15-22)20(26)17-6-10-27-11-7-17)21-24-14-19(28-21)13-16-4-2-5-18(23)12-16/h2,4-5,12,14,17H,3,6-11,13,15H2,1H3/t22-/m1/s1. The highest BCUT2D eigenvalue weighted by Crippen LogP contribution is 2.35. The SMILES string of the molecule is C[C@@]1(c2ncc(Cc3cccc(F)c3)o2)CCCN(C(=O)C2CCOCC2)C1. The van der Waals surface area contributed by atoms with Gasteiger partial charge < -0.3 is 14.1 Å². The Hall–Kier alpha value is -2.21. The van der Waals surface area contributed by atoms with Crippen LogP contribution in [0.2, 0.25) is 0 Å². The third-order valence-electron chi connectivity index (χ3n) is 5.92. The average Bonchev–Trinajstić information content (AvgIpc) is 3.18. The van der Waals surface area contributed by atoms with Crippen molar-refractivity contribution >= 4 is 5.91 Å². The molecule has 3 heterocycles. The first-order chi connectivity index (χ1) is 13.5. The Labute approximate surface area is 164 Å². The lowest BCUT2D eigenvalue weighted by Gasteiger charge is -2.40. The molecule has 1 aromatic carbocycles. The van der Waals surface area contributed by atoms with Crippen LogP contribution in [0.1, 0.15) is 49.8 Å². The Balaban J connectivity index is 1.45. The predicted molar refractivity (Wildman–Crippen MR) is 102 cm³/mol. The van der Waals surface area contributed by atoms with Gasteiger partial charge in [-0.15, -0.1) is 0 Å². The maximum atomic E-state index is 13.4. The molecule has 1 amide bonds. The minimum absolute atomic E-state index is 0.0733. The summed E-state index contributed by atoms with van der Waals surface area (Å²) in [6.07, 6.45) is 5.72. The van der Waals surface area contributed by atoms with Gasteiger partial charge in [-0.3, -0.25) is 4.79 Å². The number of ether oxygens (including phenoxy) is 1. The summed E-state index contributed by atoms with van der Waals surface area (Å²) in [7, 11) is 0. The zero-order chi connectivity index (χ0) is 19.6. The number of hydrogen-bond acceptors (Lipinski definition) is 4. The van der Waals surface area contributed by atoms with Crippen molar-refractivity contribution < 1.29 is 18.3 Å². The van der Waals surface area contributed by atoms with Gasteiger partial charge in [0.05, 0.1) is 11.6 Å². The smallest absolute Gasteiger partial charge is 0.225 e. The molecule has 2 fully saturated rings. The second kappa shape index (κ2) is 8.03. The van der Waals surface area contributed by atoms with Gasteiger partial charge in [0, 0.05) is 38.6 Å². The highest BCUT2D eigenvalue weighted by molar-refractivity contribution is 5.79. The molecule has 0 N–H and O–H groups in total. The number of nitrogens with zero attached hydrogens (tertiary/aromatic N) is 2. The number of hydrogen-bond donors (Lipinski definition) is 0. The van der Waals surface area contributed by atoms with Gasteiger partial charge in [0.1, 0.15) is 11.6 Å². The minimum Gasteiger partial charge on any atom is -0.445 e. The van der Waals surface area contributed by atoms with Crippen molar-refractivity contribution in [1.29, 1.82) is 0 Å². The molecule has 2 saturated heterocycles. The van der Waals surface area contributed by atoms with Crippen LogP contribution in [0.3, 0.4) is 0 Å². The summed E-state index contributed by atoms with van der Waals surface area (Å²) in [4.78, 5) is 19.4. The van der Waals surface area contributed by atoms with E-state index >= 15 is 0 Å². The van der Waals surface area contributed by atoms with Crippen molar-refractivity contribution in [2.24, 2.45) is 5.92 Å². The number of amides is 1. The van der Waals surface area contributed by atoms with Gasteiger partial charge in [-0.2, -0.15) is 0 Å². The summed E-state index contributed by atoms with van der Waals surface area (Å²) in [5.41, 5.74) is 0.562. The van der Waals surface area contributed by atoms with E-state index in [0.29, 0.717) is 32.1 Å². The lowest BCUT2D eigenvalue weighted by atomic mass is 9.81. The van der Waals surface area contributed by atoms with Crippen LogP contribution in [-0.2, 0) is 21.4 Å². The molecule has 0 unspecified atom stereocenters. The third kappa shape index (κ3) is 4.12. The summed E-state index contributed by atoms with van der Waals surface area (Å²) in [6, 6.07) is 6.52. The molecule has 0 radical (unpaired) electrons. The molecule has 1 atom stereocenters. The second-order valence-corrected chi connectivity index (χ2v) is 8.25. The van der Waals surface area contributed by atoms with E-state index in [1.807, 2.05) is 11.0 Å². The average molecular weight is 386 g/mol. The highest BCUT2D eigenvalue weighted by atomic mass is 19.1. The van der Waals surface area contributed by atoms with E-state index in [4.69, 9.17) is 9.15 Å². The van der Waals surface area contributed by atoms with Crippen molar-refractivity contribution in [2.75, 3.05) is 26.3 Å². The van der Waals surface area contributed by atoms with Crippen LogP contribution in [-0.4, -0.2) is 42.1 Å². The number of likely N-dealkylation sites (tertiary alicyclic amines) is 1. The molecule has 4 rings (SSSR count). The monoisotopic (exact) mass is 386 g/mol. The van der Waals surface area contributed by atoms with E-state index in [1.165, 1.54) is 12.1 Å². The molecule has 28 heavy (non-hydrogen) atoms. The molecule has 0 saturated carbocycles. The van der Waals surface area contributed by atoms with Crippen LogP contribution in [0.25, 0.3) is 0 Å². The molecule has 6 heteroatoms. The molecule has 2 aliphatic heterocycles. The maximum Gasteiger partial charge on any atom is 0.225 e. The summed E-state index contributed by atoms with van der Waals surface area (Å²) in [5.74, 6) is 1.45. The van der Waals surface area contributed by atoms with Crippen molar-refractivity contribution in [3.8, 4) is 0 Å². The maximum absolute atomic E-state index is 13.4. The quantitative estimate of drug-likeness (QED) is 0.804. The predicted octanol–water partition coefficient (Wildman–Crippen LogP) is 3.71. The number of oxazole rings is 1. The fourth-order valence-electron chi connectivity index (χ4n) is 4.32. The first-order valence-corrected chi connectivity index (χ1v) is 10.1. The molecule has 0 spiro atoms. The number of rotatable bonds is 4. The summed E-state index contributed by atoms with van der Waals surface area (Å²) >= 11 is 0. The molecule has 2 aliphatic rings. The van der Waals surface area contributed by atoms with Crippen LogP contribution < -0.4 is 0 Å². The van der Waals surface area contributed by atoms with Gasteiger partial charge >= 0.3 is 0 Å². The van der Waals surface area contributed by atoms with E-state index in [2.05, 4.69) is 11.9 Å². The fraction of sp³-hybridized carbons (Fsp3) is 0.545. The number of piperidine rings is 1. The minimum atomic E-state index is -0.292. The molecular weight excluding hydrogens is 359 g/mol. The molecule has 0 bridgehead atoms. The topological polar surface area (TPSA) is 55.6 Å². The Bertz CT molecular complexity index is 831. The Morgan fingerprint density at radius 2 is 2.18 bits per heavy atom. The van der Waals surface area contributed by atoms with Gasteiger partial charge in [0.15, 0.2) is 0 Å². The molecule has 5 nitrogen and oxygen atoms in total.